The molecule has 1 amide bonds. The topological polar surface area (TPSA) is 52.9 Å². The van der Waals surface area contributed by atoms with Crippen molar-refractivity contribution in [2.75, 3.05) is 4.43 Å². The largest absolute Gasteiger partial charge is 0.340 e. The molecule has 0 saturated heterocycles. The van der Waals surface area contributed by atoms with Crippen molar-refractivity contribution in [3.63, 3.8) is 0 Å². The lowest BCUT2D eigenvalue weighted by molar-refractivity contribution is -0.119. The highest BCUT2D eigenvalue weighted by Crippen LogP contribution is 1.88. The molecular formula is C5H7IN2O. The minimum absolute atomic E-state index is 0.154. The van der Waals surface area contributed by atoms with Crippen LogP contribution in [0.5, 0.6) is 0 Å². The van der Waals surface area contributed by atoms with Crippen molar-refractivity contribution in [2.45, 2.75) is 13.0 Å². The van der Waals surface area contributed by atoms with E-state index in [1.165, 1.54) is 6.92 Å². The van der Waals surface area contributed by atoms with Crippen molar-refractivity contribution < 1.29 is 4.79 Å². The number of amides is 1. The van der Waals surface area contributed by atoms with E-state index < -0.39 is 0 Å². The summed E-state index contributed by atoms with van der Waals surface area (Å²) in [5.74, 6) is -0.154. The first kappa shape index (κ1) is 8.69. The fourth-order valence-electron chi connectivity index (χ4n) is 0.351. The molecule has 1 N–H and O–H groups in total. The normalized spacial score (nSPS) is 11.7. The zero-order valence-electron chi connectivity index (χ0n) is 5.02. The van der Waals surface area contributed by atoms with E-state index in [1.54, 1.807) is 0 Å². The molecule has 9 heavy (non-hydrogen) atoms. The highest BCUT2D eigenvalue weighted by atomic mass is 127. The number of halogens is 1. The van der Waals surface area contributed by atoms with Gasteiger partial charge in [-0.25, -0.2) is 0 Å². The number of alkyl halides is 1. The Morgan fingerprint density at radius 3 is 2.67 bits per heavy atom. The Hall–Kier alpha value is -0.310. The SMILES string of the molecule is CC(=O)NC(C#N)CI. The number of rotatable bonds is 2. The van der Waals surface area contributed by atoms with Crippen molar-refractivity contribution in [3.05, 3.63) is 0 Å². The average Bonchev–Trinajstić information content (AvgIpc) is 1.82. The van der Waals surface area contributed by atoms with Gasteiger partial charge in [-0.2, -0.15) is 5.26 Å². The highest BCUT2D eigenvalue weighted by Gasteiger charge is 2.03. The van der Waals surface area contributed by atoms with Gasteiger partial charge in [-0.15, -0.1) is 0 Å². The summed E-state index contributed by atoms with van der Waals surface area (Å²) in [6.45, 7) is 1.40. The van der Waals surface area contributed by atoms with E-state index in [4.69, 9.17) is 5.26 Å². The summed E-state index contributed by atoms with van der Waals surface area (Å²) in [5, 5.41) is 10.8. The molecule has 0 spiro atoms. The number of carbonyl (C=O) groups is 1. The van der Waals surface area contributed by atoms with Crippen LogP contribution in [0.4, 0.5) is 0 Å². The van der Waals surface area contributed by atoms with Gasteiger partial charge in [0.2, 0.25) is 5.91 Å². The lowest BCUT2D eigenvalue weighted by atomic mass is 10.4. The monoisotopic (exact) mass is 238 g/mol. The second kappa shape index (κ2) is 4.56. The number of nitriles is 1. The molecule has 4 heteroatoms. The maximum Gasteiger partial charge on any atom is 0.217 e. The second-order valence-electron chi connectivity index (χ2n) is 1.54. The molecule has 0 aliphatic heterocycles. The van der Waals surface area contributed by atoms with Crippen LogP contribution in [0.1, 0.15) is 6.92 Å². The standard InChI is InChI=1S/C5H7IN2O/c1-4(9)8-5(2-6)3-7/h5H,2H2,1H3,(H,8,9). The van der Waals surface area contributed by atoms with Gasteiger partial charge in [-0.05, 0) is 0 Å². The quantitative estimate of drug-likeness (QED) is 0.560. The second-order valence-corrected chi connectivity index (χ2v) is 2.42. The Labute approximate surface area is 67.6 Å². The van der Waals surface area contributed by atoms with Gasteiger partial charge < -0.3 is 5.32 Å². The van der Waals surface area contributed by atoms with Gasteiger partial charge in [0.15, 0.2) is 0 Å². The molecule has 50 valence electrons. The van der Waals surface area contributed by atoms with Crippen molar-refractivity contribution in [1.82, 2.24) is 5.32 Å². The van der Waals surface area contributed by atoms with Crippen LogP contribution in [0.25, 0.3) is 0 Å². The number of nitrogens with zero attached hydrogens (tertiary/aromatic N) is 1. The predicted molar refractivity (Wildman–Crippen MR) is 42.1 cm³/mol. The van der Waals surface area contributed by atoms with Gasteiger partial charge in [0.25, 0.3) is 0 Å². The van der Waals surface area contributed by atoms with E-state index in [-0.39, 0.29) is 11.9 Å². The molecule has 0 heterocycles. The third-order valence-electron chi connectivity index (χ3n) is 0.688. The predicted octanol–water partition coefficient (Wildman–Crippen LogP) is 0.450. The van der Waals surface area contributed by atoms with Crippen LogP contribution in [-0.2, 0) is 4.79 Å². The van der Waals surface area contributed by atoms with E-state index >= 15 is 0 Å². The van der Waals surface area contributed by atoms with Crippen LogP contribution in [0.2, 0.25) is 0 Å². The van der Waals surface area contributed by atoms with Crippen LogP contribution >= 0.6 is 22.6 Å². The first-order chi connectivity index (χ1) is 4.20. The fourth-order valence-corrected chi connectivity index (χ4v) is 0.768. The highest BCUT2D eigenvalue weighted by molar-refractivity contribution is 14.1. The number of hydrogen-bond donors (Lipinski definition) is 1. The van der Waals surface area contributed by atoms with Crippen LogP contribution < -0.4 is 5.32 Å². The lowest BCUT2D eigenvalue weighted by Crippen LogP contribution is -2.32. The Kier molecular flexibility index (Phi) is 4.40. The molecule has 0 aromatic carbocycles. The van der Waals surface area contributed by atoms with E-state index in [0.717, 1.165) is 0 Å². The molecule has 1 atom stereocenters. The maximum absolute atomic E-state index is 10.3. The van der Waals surface area contributed by atoms with Crippen molar-refractivity contribution >= 4 is 28.5 Å². The third-order valence-corrected chi connectivity index (χ3v) is 1.57. The smallest absolute Gasteiger partial charge is 0.217 e. The van der Waals surface area contributed by atoms with Gasteiger partial charge in [-0.3, -0.25) is 4.79 Å². The van der Waals surface area contributed by atoms with Gasteiger partial charge in [0.05, 0.1) is 6.07 Å². The van der Waals surface area contributed by atoms with Crippen molar-refractivity contribution in [3.8, 4) is 6.07 Å². The molecular weight excluding hydrogens is 231 g/mol. The number of hydrogen-bond acceptors (Lipinski definition) is 2. The van der Waals surface area contributed by atoms with Crippen LogP contribution in [0.3, 0.4) is 0 Å². The van der Waals surface area contributed by atoms with Gasteiger partial charge >= 0.3 is 0 Å². The number of nitrogens with one attached hydrogen (secondary N) is 1. The van der Waals surface area contributed by atoms with E-state index in [0.29, 0.717) is 4.43 Å². The molecule has 0 aromatic rings. The molecule has 0 aromatic heterocycles. The molecule has 0 saturated carbocycles. The van der Waals surface area contributed by atoms with Gasteiger partial charge in [0.1, 0.15) is 6.04 Å². The Morgan fingerprint density at radius 2 is 2.56 bits per heavy atom. The summed E-state index contributed by atoms with van der Waals surface area (Å²) in [6.07, 6.45) is 0. The molecule has 3 nitrogen and oxygen atoms in total. The lowest BCUT2D eigenvalue weighted by Gasteiger charge is -2.03. The first-order valence-electron chi connectivity index (χ1n) is 2.43. The molecule has 0 aliphatic rings. The summed E-state index contributed by atoms with van der Waals surface area (Å²) in [5.41, 5.74) is 0. The molecule has 0 radical (unpaired) electrons. The van der Waals surface area contributed by atoms with Crippen molar-refractivity contribution in [2.24, 2.45) is 0 Å². The number of carbonyl (C=O) groups excluding carboxylic acids is 1. The molecule has 0 fully saturated rings. The maximum atomic E-state index is 10.3. The third kappa shape index (κ3) is 4.21. The minimum atomic E-state index is -0.330. The van der Waals surface area contributed by atoms with Crippen LogP contribution in [0, 0.1) is 11.3 Å². The van der Waals surface area contributed by atoms with Crippen LogP contribution in [-0.4, -0.2) is 16.4 Å². The Morgan fingerprint density at radius 1 is 2.00 bits per heavy atom. The van der Waals surface area contributed by atoms with E-state index in [1.807, 2.05) is 28.7 Å². The zero-order valence-corrected chi connectivity index (χ0v) is 7.18. The fraction of sp³-hybridized carbons (Fsp3) is 0.600. The van der Waals surface area contributed by atoms with Crippen LogP contribution in [0.15, 0.2) is 0 Å². The van der Waals surface area contributed by atoms with E-state index in [9.17, 15) is 4.79 Å². The molecule has 0 aliphatic carbocycles. The molecule has 1 unspecified atom stereocenters. The summed E-state index contributed by atoms with van der Waals surface area (Å²) in [7, 11) is 0. The minimum Gasteiger partial charge on any atom is -0.340 e. The van der Waals surface area contributed by atoms with Gasteiger partial charge in [-0.1, -0.05) is 22.6 Å². The summed E-state index contributed by atoms with van der Waals surface area (Å²) < 4.78 is 0.633. The summed E-state index contributed by atoms with van der Waals surface area (Å²) in [4.78, 5) is 10.3. The first-order valence-corrected chi connectivity index (χ1v) is 3.96. The Bertz CT molecular complexity index is 140. The average molecular weight is 238 g/mol. The van der Waals surface area contributed by atoms with Crippen molar-refractivity contribution in [1.29, 1.82) is 5.26 Å². The van der Waals surface area contributed by atoms with E-state index in [2.05, 4.69) is 5.32 Å². The summed E-state index contributed by atoms with van der Waals surface area (Å²) in [6, 6.07) is 1.61. The molecule has 0 bridgehead atoms. The Balaban J connectivity index is 3.60. The zero-order chi connectivity index (χ0) is 7.28. The van der Waals surface area contributed by atoms with Gasteiger partial charge in [0, 0.05) is 11.4 Å². The summed E-state index contributed by atoms with van der Waals surface area (Å²) >= 11 is 2.05. The molecule has 0 rings (SSSR count).